The summed E-state index contributed by atoms with van der Waals surface area (Å²) in [6, 6.07) is 0. The molecule has 1 aliphatic rings. The van der Waals surface area contributed by atoms with Crippen LogP contribution in [-0.4, -0.2) is 53.6 Å². The van der Waals surface area contributed by atoms with Crippen molar-refractivity contribution in [3.8, 4) is 0 Å². The Morgan fingerprint density at radius 3 is 2.44 bits per heavy atom. The Kier molecular flexibility index (Phi) is 3.91. The van der Waals surface area contributed by atoms with Gasteiger partial charge in [-0.15, -0.1) is 0 Å². The van der Waals surface area contributed by atoms with Crippen LogP contribution in [0.3, 0.4) is 0 Å². The van der Waals surface area contributed by atoms with E-state index in [-0.39, 0.29) is 5.91 Å². The number of carbonyl (C=O) groups excluding carboxylic acids is 2. The standard InChI is InChI=1S/C11H20N2O3/c1-5-12-6-7-13(9(14)8-12)10(15)16-11(2,3)4/h5-8H2,1-4H3. The van der Waals surface area contributed by atoms with Gasteiger partial charge in [0, 0.05) is 13.1 Å². The van der Waals surface area contributed by atoms with Crippen molar-refractivity contribution in [3.05, 3.63) is 0 Å². The highest BCUT2D eigenvalue weighted by molar-refractivity contribution is 5.93. The third kappa shape index (κ3) is 3.48. The lowest BCUT2D eigenvalue weighted by Gasteiger charge is -2.33. The molecule has 16 heavy (non-hydrogen) atoms. The first kappa shape index (κ1) is 13.0. The Morgan fingerprint density at radius 1 is 1.38 bits per heavy atom. The molecular formula is C11H20N2O3. The summed E-state index contributed by atoms with van der Waals surface area (Å²) in [6.07, 6.45) is -0.534. The van der Waals surface area contributed by atoms with Gasteiger partial charge in [-0.25, -0.2) is 9.69 Å². The molecule has 0 atom stereocenters. The Labute approximate surface area is 96.3 Å². The van der Waals surface area contributed by atoms with E-state index in [0.29, 0.717) is 13.1 Å². The van der Waals surface area contributed by atoms with Gasteiger partial charge in [-0.05, 0) is 27.3 Å². The van der Waals surface area contributed by atoms with Crippen molar-refractivity contribution >= 4 is 12.0 Å². The lowest BCUT2D eigenvalue weighted by atomic mass is 10.2. The number of carbonyl (C=O) groups is 2. The van der Waals surface area contributed by atoms with Crippen molar-refractivity contribution < 1.29 is 14.3 Å². The van der Waals surface area contributed by atoms with Crippen molar-refractivity contribution in [1.29, 1.82) is 0 Å². The fraction of sp³-hybridized carbons (Fsp3) is 0.818. The van der Waals surface area contributed by atoms with E-state index in [4.69, 9.17) is 4.74 Å². The van der Waals surface area contributed by atoms with Crippen molar-refractivity contribution in [2.75, 3.05) is 26.2 Å². The first-order valence-corrected chi connectivity index (χ1v) is 5.59. The van der Waals surface area contributed by atoms with E-state index in [1.807, 2.05) is 11.8 Å². The fourth-order valence-corrected chi connectivity index (χ4v) is 1.50. The van der Waals surface area contributed by atoms with Crippen LogP contribution < -0.4 is 0 Å². The van der Waals surface area contributed by atoms with E-state index in [2.05, 4.69) is 0 Å². The summed E-state index contributed by atoms with van der Waals surface area (Å²) in [6.45, 7) is 9.64. The molecule has 0 radical (unpaired) electrons. The summed E-state index contributed by atoms with van der Waals surface area (Å²) in [7, 11) is 0. The molecule has 0 N–H and O–H groups in total. The molecule has 0 saturated carbocycles. The predicted molar refractivity (Wildman–Crippen MR) is 60.1 cm³/mol. The monoisotopic (exact) mass is 228 g/mol. The van der Waals surface area contributed by atoms with Gasteiger partial charge in [0.25, 0.3) is 0 Å². The topological polar surface area (TPSA) is 49.9 Å². The minimum atomic E-state index is -0.556. The number of ether oxygens (including phenoxy) is 1. The van der Waals surface area contributed by atoms with Crippen LogP contribution in [0, 0.1) is 0 Å². The number of amides is 2. The minimum absolute atomic E-state index is 0.178. The third-order valence-corrected chi connectivity index (χ3v) is 2.36. The van der Waals surface area contributed by atoms with Gasteiger partial charge < -0.3 is 4.74 Å². The van der Waals surface area contributed by atoms with E-state index >= 15 is 0 Å². The van der Waals surface area contributed by atoms with Crippen LogP contribution in [0.4, 0.5) is 4.79 Å². The SMILES string of the molecule is CCN1CCN(C(=O)OC(C)(C)C)C(=O)C1. The molecule has 0 aliphatic carbocycles. The van der Waals surface area contributed by atoms with Crippen molar-refractivity contribution in [1.82, 2.24) is 9.80 Å². The molecule has 0 aromatic carbocycles. The molecule has 0 unspecified atom stereocenters. The zero-order chi connectivity index (χ0) is 12.3. The van der Waals surface area contributed by atoms with Gasteiger partial charge in [0.05, 0.1) is 6.54 Å². The molecule has 1 fully saturated rings. The summed E-state index contributed by atoms with van der Waals surface area (Å²) < 4.78 is 5.16. The molecule has 0 aromatic heterocycles. The van der Waals surface area contributed by atoms with Gasteiger partial charge in [-0.2, -0.15) is 0 Å². The Morgan fingerprint density at radius 2 is 2.00 bits per heavy atom. The van der Waals surface area contributed by atoms with Gasteiger partial charge in [-0.1, -0.05) is 6.92 Å². The van der Waals surface area contributed by atoms with E-state index in [1.54, 1.807) is 20.8 Å². The number of rotatable bonds is 1. The molecule has 5 heteroatoms. The largest absolute Gasteiger partial charge is 0.443 e. The number of nitrogens with zero attached hydrogens (tertiary/aromatic N) is 2. The molecule has 1 heterocycles. The molecule has 0 spiro atoms. The van der Waals surface area contributed by atoms with Crippen LogP contribution in [0.1, 0.15) is 27.7 Å². The Balaban J connectivity index is 2.56. The van der Waals surface area contributed by atoms with Gasteiger partial charge in [-0.3, -0.25) is 9.69 Å². The summed E-state index contributed by atoms with van der Waals surface area (Å²) in [4.78, 5) is 26.6. The Hall–Kier alpha value is -1.10. The molecule has 92 valence electrons. The lowest BCUT2D eigenvalue weighted by Crippen LogP contribution is -2.53. The number of hydrogen-bond donors (Lipinski definition) is 0. The Bertz CT molecular complexity index is 283. The maximum Gasteiger partial charge on any atom is 0.417 e. The van der Waals surface area contributed by atoms with E-state index in [1.165, 1.54) is 4.90 Å². The molecule has 0 bridgehead atoms. The van der Waals surface area contributed by atoms with Crippen LogP contribution in [0.25, 0.3) is 0 Å². The maximum absolute atomic E-state index is 11.7. The molecule has 1 saturated heterocycles. The van der Waals surface area contributed by atoms with E-state index < -0.39 is 11.7 Å². The second kappa shape index (κ2) is 4.82. The van der Waals surface area contributed by atoms with Crippen molar-refractivity contribution in [3.63, 3.8) is 0 Å². The summed E-state index contributed by atoms with van der Waals surface area (Å²) in [5.41, 5.74) is -0.556. The summed E-state index contributed by atoms with van der Waals surface area (Å²) in [5, 5.41) is 0. The molecular weight excluding hydrogens is 208 g/mol. The highest BCUT2D eigenvalue weighted by atomic mass is 16.6. The van der Waals surface area contributed by atoms with Crippen LogP contribution in [0.5, 0.6) is 0 Å². The van der Waals surface area contributed by atoms with Gasteiger partial charge in [0.2, 0.25) is 5.91 Å². The minimum Gasteiger partial charge on any atom is -0.443 e. The highest BCUT2D eigenvalue weighted by Crippen LogP contribution is 2.12. The second-order valence-electron chi connectivity index (χ2n) is 4.89. The average Bonchev–Trinajstić information content (AvgIpc) is 2.14. The quantitative estimate of drug-likeness (QED) is 0.674. The fourth-order valence-electron chi connectivity index (χ4n) is 1.50. The highest BCUT2D eigenvalue weighted by Gasteiger charge is 2.31. The molecule has 1 aliphatic heterocycles. The molecule has 1 rings (SSSR count). The second-order valence-corrected chi connectivity index (χ2v) is 4.89. The molecule has 5 nitrogen and oxygen atoms in total. The zero-order valence-corrected chi connectivity index (χ0v) is 10.4. The maximum atomic E-state index is 11.7. The first-order chi connectivity index (χ1) is 7.33. The lowest BCUT2D eigenvalue weighted by molar-refractivity contribution is -0.134. The zero-order valence-electron chi connectivity index (χ0n) is 10.4. The average molecular weight is 228 g/mol. The van der Waals surface area contributed by atoms with Crippen molar-refractivity contribution in [2.45, 2.75) is 33.3 Å². The van der Waals surface area contributed by atoms with E-state index in [0.717, 1.165) is 13.1 Å². The number of hydrogen-bond acceptors (Lipinski definition) is 4. The van der Waals surface area contributed by atoms with Crippen LogP contribution in [0.15, 0.2) is 0 Å². The van der Waals surface area contributed by atoms with Crippen LogP contribution in [0.2, 0.25) is 0 Å². The number of likely N-dealkylation sites (N-methyl/N-ethyl adjacent to an activating group) is 1. The van der Waals surface area contributed by atoms with Crippen molar-refractivity contribution in [2.24, 2.45) is 0 Å². The first-order valence-electron chi connectivity index (χ1n) is 5.59. The molecule has 0 aromatic rings. The summed E-state index contributed by atoms with van der Waals surface area (Å²) >= 11 is 0. The normalized spacial score (nSPS) is 18.8. The summed E-state index contributed by atoms with van der Waals surface area (Å²) in [5.74, 6) is -0.178. The van der Waals surface area contributed by atoms with E-state index in [9.17, 15) is 9.59 Å². The predicted octanol–water partition coefficient (Wildman–Crippen LogP) is 1.09. The van der Waals surface area contributed by atoms with Gasteiger partial charge >= 0.3 is 6.09 Å². The smallest absolute Gasteiger partial charge is 0.417 e. The van der Waals surface area contributed by atoms with Crippen LogP contribution >= 0.6 is 0 Å². The van der Waals surface area contributed by atoms with Gasteiger partial charge in [0.15, 0.2) is 0 Å². The van der Waals surface area contributed by atoms with Crippen LogP contribution in [-0.2, 0) is 9.53 Å². The third-order valence-electron chi connectivity index (χ3n) is 2.36. The number of piperazine rings is 1. The number of imide groups is 1. The molecule has 2 amide bonds. The van der Waals surface area contributed by atoms with Gasteiger partial charge in [0.1, 0.15) is 5.60 Å².